The van der Waals surface area contributed by atoms with Gasteiger partial charge in [-0.05, 0) is 35.0 Å². The molecule has 0 amide bonds. The molecule has 0 spiro atoms. The highest BCUT2D eigenvalue weighted by Gasteiger charge is 2.12. The number of anilines is 1. The molecule has 2 heterocycles. The maximum atomic E-state index is 9.08. The van der Waals surface area contributed by atoms with Gasteiger partial charge in [0, 0.05) is 26.0 Å². The van der Waals surface area contributed by atoms with Crippen LogP contribution in [0.15, 0.2) is 22.0 Å². The molecule has 0 aliphatic rings. The Kier molecular flexibility index (Phi) is 2.95. The Morgan fingerprint density at radius 2 is 2.25 bits per heavy atom. The smallest absolute Gasteiger partial charge is 0.142 e. The third kappa shape index (κ3) is 1.94. The summed E-state index contributed by atoms with van der Waals surface area (Å²) in [5, 5.41) is 11.1. The topological polar surface area (TPSA) is 62.7 Å². The number of aryl methyl sites for hydroxylation is 1. The highest BCUT2D eigenvalue weighted by molar-refractivity contribution is 9.10. The van der Waals surface area contributed by atoms with Crippen molar-refractivity contribution in [3.63, 3.8) is 0 Å². The molecule has 3 nitrogen and oxygen atoms in total. The molecule has 0 bridgehead atoms. The summed E-state index contributed by atoms with van der Waals surface area (Å²) in [5.74, 6) is 0.294. The quantitative estimate of drug-likeness (QED) is 0.877. The summed E-state index contributed by atoms with van der Waals surface area (Å²) in [6.45, 7) is 1.86. The van der Waals surface area contributed by atoms with Crippen LogP contribution in [0.3, 0.4) is 0 Å². The number of aromatic nitrogens is 1. The predicted octanol–water partition coefficient (Wildman–Crippen LogP) is 3.33. The maximum absolute atomic E-state index is 9.08. The van der Waals surface area contributed by atoms with Crippen LogP contribution < -0.4 is 5.73 Å². The minimum atomic E-state index is 0.294. The van der Waals surface area contributed by atoms with E-state index in [4.69, 9.17) is 11.0 Å². The van der Waals surface area contributed by atoms with Gasteiger partial charge in [-0.15, -0.1) is 11.3 Å². The molecule has 0 unspecified atom stereocenters. The Balaban J connectivity index is 2.69. The molecule has 0 fully saturated rings. The molecular weight excluding hydrogens is 286 g/mol. The van der Waals surface area contributed by atoms with Gasteiger partial charge in [0.15, 0.2) is 0 Å². The minimum Gasteiger partial charge on any atom is -0.383 e. The van der Waals surface area contributed by atoms with Crippen molar-refractivity contribution in [2.24, 2.45) is 0 Å². The number of thiophene rings is 1. The van der Waals surface area contributed by atoms with Gasteiger partial charge in [0.25, 0.3) is 0 Å². The zero-order chi connectivity index (χ0) is 11.7. The number of pyridine rings is 1. The number of nitrogens with zero attached hydrogens (tertiary/aromatic N) is 2. The zero-order valence-electron chi connectivity index (χ0n) is 8.49. The van der Waals surface area contributed by atoms with Crippen molar-refractivity contribution >= 4 is 33.1 Å². The Morgan fingerprint density at radius 1 is 1.50 bits per heavy atom. The average molecular weight is 294 g/mol. The van der Waals surface area contributed by atoms with Crippen molar-refractivity contribution in [1.82, 2.24) is 4.98 Å². The van der Waals surface area contributed by atoms with E-state index in [-0.39, 0.29) is 0 Å². The van der Waals surface area contributed by atoms with Crippen LogP contribution in [-0.2, 0) is 0 Å². The van der Waals surface area contributed by atoms with Crippen LogP contribution in [-0.4, -0.2) is 4.98 Å². The predicted molar refractivity (Wildman–Crippen MR) is 69.1 cm³/mol. The van der Waals surface area contributed by atoms with E-state index in [1.807, 2.05) is 24.4 Å². The van der Waals surface area contributed by atoms with Crippen LogP contribution in [0.5, 0.6) is 0 Å². The molecule has 0 saturated carbocycles. The molecular formula is C11H8BrN3S. The van der Waals surface area contributed by atoms with Crippen molar-refractivity contribution in [2.45, 2.75) is 6.92 Å². The molecule has 2 N–H and O–H groups in total. The summed E-state index contributed by atoms with van der Waals surface area (Å²) in [5.41, 5.74) is 7.85. The standard InChI is InChI=1S/C11H8BrN3S/c1-6-2-8(9(4-13)11(14)15-6)10-3-7(12)5-16-10/h2-3,5H,1H3,(H2,14,15). The Bertz CT molecular complexity index is 583. The van der Waals surface area contributed by atoms with Crippen LogP contribution in [0, 0.1) is 18.3 Å². The minimum absolute atomic E-state index is 0.294. The monoisotopic (exact) mass is 293 g/mol. The number of nitriles is 1. The highest BCUT2D eigenvalue weighted by Crippen LogP contribution is 2.33. The van der Waals surface area contributed by atoms with Crippen LogP contribution in [0.1, 0.15) is 11.3 Å². The zero-order valence-corrected chi connectivity index (χ0v) is 10.9. The lowest BCUT2D eigenvalue weighted by Crippen LogP contribution is -1.98. The fraction of sp³-hybridized carbons (Fsp3) is 0.0909. The summed E-state index contributed by atoms with van der Waals surface area (Å²) < 4.78 is 1.00. The maximum Gasteiger partial charge on any atom is 0.142 e. The van der Waals surface area contributed by atoms with Gasteiger partial charge in [0.2, 0.25) is 0 Å². The Morgan fingerprint density at radius 3 is 2.81 bits per heavy atom. The van der Waals surface area contributed by atoms with Gasteiger partial charge >= 0.3 is 0 Å². The molecule has 0 aliphatic carbocycles. The third-order valence-corrected chi connectivity index (χ3v) is 3.84. The lowest BCUT2D eigenvalue weighted by molar-refractivity contribution is 1.20. The molecule has 2 aromatic heterocycles. The summed E-state index contributed by atoms with van der Waals surface area (Å²) in [6.07, 6.45) is 0. The summed E-state index contributed by atoms with van der Waals surface area (Å²) >= 11 is 4.96. The van der Waals surface area contributed by atoms with Gasteiger partial charge in [-0.3, -0.25) is 0 Å². The average Bonchev–Trinajstić information content (AvgIpc) is 2.63. The first-order valence-electron chi connectivity index (χ1n) is 4.53. The SMILES string of the molecule is Cc1cc(-c2cc(Br)cs2)c(C#N)c(N)n1. The highest BCUT2D eigenvalue weighted by atomic mass is 79.9. The lowest BCUT2D eigenvalue weighted by Gasteiger charge is -2.05. The van der Waals surface area contributed by atoms with Crippen molar-refractivity contribution in [3.05, 3.63) is 33.2 Å². The van der Waals surface area contributed by atoms with Crippen LogP contribution in [0.4, 0.5) is 5.82 Å². The normalized spacial score (nSPS) is 10.1. The third-order valence-electron chi connectivity index (χ3n) is 2.12. The second kappa shape index (κ2) is 4.24. The molecule has 16 heavy (non-hydrogen) atoms. The molecule has 0 radical (unpaired) electrons. The number of rotatable bonds is 1. The van der Waals surface area contributed by atoms with E-state index in [0.717, 1.165) is 20.6 Å². The second-order valence-electron chi connectivity index (χ2n) is 3.31. The van der Waals surface area contributed by atoms with E-state index < -0.39 is 0 Å². The molecule has 80 valence electrons. The number of nitrogen functional groups attached to an aromatic ring is 1. The van der Waals surface area contributed by atoms with E-state index in [1.165, 1.54) is 0 Å². The number of nitrogens with two attached hydrogens (primary N) is 1. The first kappa shape index (κ1) is 11.1. The van der Waals surface area contributed by atoms with Gasteiger partial charge in [-0.25, -0.2) is 4.98 Å². The molecule has 5 heteroatoms. The fourth-order valence-corrected chi connectivity index (χ4v) is 2.91. The number of halogens is 1. The van der Waals surface area contributed by atoms with E-state index in [1.54, 1.807) is 11.3 Å². The summed E-state index contributed by atoms with van der Waals surface area (Å²) in [4.78, 5) is 5.10. The molecule has 0 atom stereocenters. The van der Waals surface area contributed by atoms with Crippen LogP contribution >= 0.6 is 27.3 Å². The fourth-order valence-electron chi connectivity index (χ4n) is 1.46. The van der Waals surface area contributed by atoms with Gasteiger partial charge in [0.1, 0.15) is 17.5 Å². The van der Waals surface area contributed by atoms with Gasteiger partial charge < -0.3 is 5.73 Å². The van der Waals surface area contributed by atoms with Gasteiger partial charge in [-0.1, -0.05) is 0 Å². The molecule has 2 rings (SSSR count). The van der Waals surface area contributed by atoms with Crippen molar-refractivity contribution in [1.29, 1.82) is 5.26 Å². The molecule has 0 aliphatic heterocycles. The van der Waals surface area contributed by atoms with Gasteiger partial charge in [0.05, 0.1) is 0 Å². The van der Waals surface area contributed by atoms with Crippen molar-refractivity contribution in [3.8, 4) is 16.5 Å². The summed E-state index contributed by atoms with van der Waals surface area (Å²) in [7, 11) is 0. The number of hydrogen-bond acceptors (Lipinski definition) is 4. The molecule has 0 saturated heterocycles. The van der Waals surface area contributed by atoms with E-state index in [2.05, 4.69) is 27.0 Å². The molecule has 2 aromatic rings. The van der Waals surface area contributed by atoms with Crippen molar-refractivity contribution < 1.29 is 0 Å². The van der Waals surface area contributed by atoms with Crippen LogP contribution in [0.2, 0.25) is 0 Å². The van der Waals surface area contributed by atoms with Crippen LogP contribution in [0.25, 0.3) is 10.4 Å². The van der Waals surface area contributed by atoms with Gasteiger partial charge in [-0.2, -0.15) is 5.26 Å². The second-order valence-corrected chi connectivity index (χ2v) is 5.14. The summed E-state index contributed by atoms with van der Waals surface area (Å²) in [6, 6.07) is 5.96. The Hall–Kier alpha value is -1.38. The first-order chi connectivity index (χ1) is 7.61. The van der Waals surface area contributed by atoms with Crippen molar-refractivity contribution in [2.75, 3.05) is 5.73 Å². The van der Waals surface area contributed by atoms with E-state index >= 15 is 0 Å². The van der Waals surface area contributed by atoms with E-state index in [9.17, 15) is 0 Å². The lowest BCUT2D eigenvalue weighted by atomic mass is 10.1. The molecule has 0 aromatic carbocycles. The largest absolute Gasteiger partial charge is 0.383 e. The Labute approximate surface area is 106 Å². The van der Waals surface area contributed by atoms with E-state index in [0.29, 0.717) is 11.4 Å². The first-order valence-corrected chi connectivity index (χ1v) is 6.20. The number of hydrogen-bond donors (Lipinski definition) is 1.